The van der Waals surface area contributed by atoms with Crippen molar-refractivity contribution in [1.82, 2.24) is 39.4 Å². The van der Waals surface area contributed by atoms with Gasteiger partial charge in [0.2, 0.25) is 11.9 Å². The molecule has 1 fully saturated rings. The molecular formula is C21H28N10. The van der Waals surface area contributed by atoms with Gasteiger partial charge in [-0.3, -0.25) is 0 Å². The highest BCUT2D eigenvalue weighted by atomic mass is 15.4. The number of rotatable bonds is 5. The summed E-state index contributed by atoms with van der Waals surface area (Å²) in [6, 6.07) is 1.97. The van der Waals surface area contributed by atoms with Gasteiger partial charge in [0, 0.05) is 37.9 Å². The van der Waals surface area contributed by atoms with Gasteiger partial charge >= 0.3 is 0 Å². The standard InChI is InChI=1S/C21H28N10/c1-13(2)15-11-24-31-19(15)27-21(30-9-7-29(4)8-10-30)28-20(31)23-12-16-25-17-14(3)5-6-22-18(17)26-16/h5-6,11,13H,7-10,12H2,1-4H3,(H,22,25,26)(H,23,27,28). The molecule has 0 aromatic carbocycles. The lowest BCUT2D eigenvalue weighted by molar-refractivity contribution is 0.311. The first-order chi connectivity index (χ1) is 15.0. The van der Waals surface area contributed by atoms with E-state index >= 15 is 0 Å². The van der Waals surface area contributed by atoms with Gasteiger partial charge in [0.05, 0.1) is 12.7 Å². The Morgan fingerprint density at radius 2 is 1.94 bits per heavy atom. The molecule has 0 atom stereocenters. The second-order valence-corrected chi connectivity index (χ2v) is 8.49. The zero-order valence-corrected chi connectivity index (χ0v) is 18.4. The predicted octanol–water partition coefficient (Wildman–Crippen LogP) is 2.19. The Hall–Kier alpha value is -3.27. The molecule has 0 spiro atoms. The number of fused-ring (bicyclic) bond motifs is 2. The highest BCUT2D eigenvalue weighted by Crippen LogP contribution is 2.24. The molecule has 1 saturated heterocycles. The Labute approximate surface area is 180 Å². The maximum atomic E-state index is 4.89. The number of nitrogens with zero attached hydrogens (tertiary/aromatic N) is 8. The Bertz CT molecular complexity index is 1220. The van der Waals surface area contributed by atoms with Crippen LogP contribution in [0.4, 0.5) is 11.9 Å². The number of hydrogen-bond acceptors (Lipinski definition) is 8. The van der Waals surface area contributed by atoms with Gasteiger partial charge in [-0.15, -0.1) is 0 Å². The lowest BCUT2D eigenvalue weighted by Crippen LogP contribution is -2.45. The normalized spacial score (nSPS) is 15.5. The molecule has 0 aliphatic carbocycles. The number of H-pyrrole nitrogens is 1. The van der Waals surface area contributed by atoms with Crippen LogP contribution in [0.15, 0.2) is 18.5 Å². The zero-order valence-electron chi connectivity index (χ0n) is 18.4. The van der Waals surface area contributed by atoms with Gasteiger partial charge in [0.15, 0.2) is 11.3 Å². The number of imidazole rings is 1. The van der Waals surface area contributed by atoms with Gasteiger partial charge < -0.3 is 20.1 Å². The zero-order chi connectivity index (χ0) is 21.5. The molecule has 10 nitrogen and oxygen atoms in total. The highest BCUT2D eigenvalue weighted by molar-refractivity contribution is 5.74. The van der Waals surface area contributed by atoms with Crippen LogP contribution in [0, 0.1) is 6.92 Å². The van der Waals surface area contributed by atoms with Gasteiger partial charge in [-0.25, -0.2) is 9.97 Å². The summed E-state index contributed by atoms with van der Waals surface area (Å²) >= 11 is 0. The van der Waals surface area contributed by atoms with E-state index in [0.29, 0.717) is 18.4 Å². The van der Waals surface area contributed by atoms with E-state index in [1.165, 1.54) is 0 Å². The van der Waals surface area contributed by atoms with Crippen LogP contribution in [0.2, 0.25) is 0 Å². The van der Waals surface area contributed by atoms with E-state index in [1.54, 1.807) is 10.7 Å². The third-order valence-corrected chi connectivity index (χ3v) is 5.84. The number of aromatic nitrogens is 7. The van der Waals surface area contributed by atoms with E-state index < -0.39 is 0 Å². The molecule has 10 heteroatoms. The lowest BCUT2D eigenvalue weighted by atomic mass is 10.1. The van der Waals surface area contributed by atoms with Crippen LogP contribution in [0.5, 0.6) is 0 Å². The van der Waals surface area contributed by atoms with E-state index in [-0.39, 0.29) is 0 Å². The van der Waals surface area contributed by atoms with Crippen molar-refractivity contribution in [2.24, 2.45) is 0 Å². The average Bonchev–Trinajstić information content (AvgIpc) is 3.37. The topological polar surface area (TPSA) is 103 Å². The van der Waals surface area contributed by atoms with E-state index in [2.05, 4.69) is 51.1 Å². The van der Waals surface area contributed by atoms with Crippen molar-refractivity contribution in [2.45, 2.75) is 33.2 Å². The smallest absolute Gasteiger partial charge is 0.230 e. The molecule has 1 aliphatic heterocycles. The summed E-state index contributed by atoms with van der Waals surface area (Å²) < 4.78 is 1.79. The largest absolute Gasteiger partial charge is 0.347 e. The van der Waals surface area contributed by atoms with E-state index in [1.807, 2.05) is 19.2 Å². The minimum atomic E-state index is 0.324. The monoisotopic (exact) mass is 420 g/mol. The van der Waals surface area contributed by atoms with Crippen molar-refractivity contribution in [3.8, 4) is 0 Å². The molecule has 162 valence electrons. The minimum Gasteiger partial charge on any atom is -0.347 e. The van der Waals surface area contributed by atoms with Crippen molar-refractivity contribution in [1.29, 1.82) is 0 Å². The number of piperazine rings is 1. The van der Waals surface area contributed by atoms with Gasteiger partial charge in [-0.2, -0.15) is 19.6 Å². The van der Waals surface area contributed by atoms with Crippen LogP contribution in [0.25, 0.3) is 16.8 Å². The first kappa shape index (κ1) is 19.7. The van der Waals surface area contributed by atoms with Crippen molar-refractivity contribution in [2.75, 3.05) is 43.4 Å². The maximum Gasteiger partial charge on any atom is 0.230 e. The number of nitrogens with one attached hydrogen (secondary N) is 2. The van der Waals surface area contributed by atoms with Crippen molar-refractivity contribution in [3.05, 3.63) is 35.4 Å². The average molecular weight is 421 g/mol. The quantitative estimate of drug-likeness (QED) is 0.506. The number of pyridine rings is 1. The molecule has 4 aromatic heterocycles. The third-order valence-electron chi connectivity index (χ3n) is 5.84. The lowest BCUT2D eigenvalue weighted by Gasteiger charge is -2.32. The Balaban J connectivity index is 1.49. The number of likely N-dealkylation sites (N-methyl/N-ethyl adjacent to an activating group) is 1. The molecule has 0 amide bonds. The first-order valence-corrected chi connectivity index (χ1v) is 10.7. The molecule has 5 rings (SSSR count). The summed E-state index contributed by atoms with van der Waals surface area (Å²) in [5, 5.41) is 7.98. The number of anilines is 2. The third kappa shape index (κ3) is 3.67. The Kier molecular flexibility index (Phi) is 4.93. The molecule has 4 aromatic rings. The number of hydrogen-bond donors (Lipinski definition) is 2. The number of aromatic amines is 1. The fourth-order valence-corrected chi connectivity index (χ4v) is 3.88. The molecule has 31 heavy (non-hydrogen) atoms. The van der Waals surface area contributed by atoms with E-state index in [9.17, 15) is 0 Å². The summed E-state index contributed by atoms with van der Waals surface area (Å²) in [7, 11) is 2.14. The predicted molar refractivity (Wildman–Crippen MR) is 121 cm³/mol. The fraction of sp³-hybridized carbons (Fsp3) is 0.476. The molecule has 2 N–H and O–H groups in total. The molecule has 0 bridgehead atoms. The van der Waals surface area contributed by atoms with Gasteiger partial charge in [0.25, 0.3) is 0 Å². The summed E-state index contributed by atoms with van der Waals surface area (Å²) in [5.74, 6) is 2.54. The molecule has 0 radical (unpaired) electrons. The highest BCUT2D eigenvalue weighted by Gasteiger charge is 2.21. The summed E-state index contributed by atoms with van der Waals surface area (Å²) in [4.78, 5) is 26.6. The van der Waals surface area contributed by atoms with Crippen LogP contribution < -0.4 is 10.2 Å². The molecule has 0 saturated carbocycles. The molecule has 1 aliphatic rings. The van der Waals surface area contributed by atoms with E-state index in [0.717, 1.165) is 65.9 Å². The maximum absolute atomic E-state index is 4.89. The SMILES string of the molecule is Cc1ccnc2[nH]c(CNc3nc(N4CCN(C)CC4)nc4c(C(C)C)cnn34)nc12. The summed E-state index contributed by atoms with van der Waals surface area (Å²) in [6.45, 7) is 10.7. The van der Waals surface area contributed by atoms with Crippen LogP contribution in [-0.2, 0) is 6.54 Å². The fourth-order valence-electron chi connectivity index (χ4n) is 3.88. The summed E-state index contributed by atoms with van der Waals surface area (Å²) in [5.41, 5.74) is 4.76. The first-order valence-electron chi connectivity index (χ1n) is 10.7. The second kappa shape index (κ2) is 7.77. The van der Waals surface area contributed by atoms with Crippen molar-refractivity contribution >= 4 is 28.7 Å². The second-order valence-electron chi connectivity index (χ2n) is 8.49. The Morgan fingerprint density at radius 3 is 2.68 bits per heavy atom. The van der Waals surface area contributed by atoms with Crippen molar-refractivity contribution in [3.63, 3.8) is 0 Å². The molecule has 0 unspecified atom stereocenters. The summed E-state index contributed by atoms with van der Waals surface area (Å²) in [6.07, 6.45) is 3.68. The number of aryl methyl sites for hydroxylation is 1. The molecular weight excluding hydrogens is 392 g/mol. The van der Waals surface area contributed by atoms with Gasteiger partial charge in [-0.05, 0) is 31.5 Å². The van der Waals surface area contributed by atoms with Crippen LogP contribution in [0.1, 0.15) is 36.7 Å². The Morgan fingerprint density at radius 1 is 1.13 bits per heavy atom. The minimum absolute atomic E-state index is 0.324. The molecule has 5 heterocycles. The van der Waals surface area contributed by atoms with Crippen LogP contribution >= 0.6 is 0 Å². The van der Waals surface area contributed by atoms with Gasteiger partial charge in [-0.1, -0.05) is 13.8 Å². The van der Waals surface area contributed by atoms with Crippen LogP contribution in [0.3, 0.4) is 0 Å². The van der Waals surface area contributed by atoms with Crippen LogP contribution in [-0.4, -0.2) is 72.7 Å². The van der Waals surface area contributed by atoms with Gasteiger partial charge in [0.1, 0.15) is 11.3 Å². The van der Waals surface area contributed by atoms with E-state index in [4.69, 9.17) is 15.0 Å². The van der Waals surface area contributed by atoms with Crippen molar-refractivity contribution < 1.29 is 0 Å².